The summed E-state index contributed by atoms with van der Waals surface area (Å²) in [5.74, 6) is 1.30. The zero-order valence-electron chi connectivity index (χ0n) is 15.9. The average Bonchev–Trinajstić information content (AvgIpc) is 3.27. The maximum Gasteiger partial charge on any atom is 0.189 e. The highest BCUT2D eigenvalue weighted by molar-refractivity contribution is 6.30. The molecule has 0 saturated heterocycles. The van der Waals surface area contributed by atoms with Gasteiger partial charge in [-0.2, -0.15) is 0 Å². The molecule has 0 radical (unpaired) electrons. The molecule has 0 unspecified atom stereocenters. The highest BCUT2D eigenvalue weighted by Crippen LogP contribution is 2.29. The minimum Gasteiger partial charge on any atom is -0.486 e. The highest BCUT2D eigenvalue weighted by Gasteiger charge is 2.19. The van der Waals surface area contributed by atoms with E-state index in [1.165, 1.54) is 0 Å². The SMILES string of the molecule is Cc1c(C)n(-c2cccnc2)c2ncn3nc(COc4ccc(Cl)cc4)nc3c12. The molecule has 29 heavy (non-hydrogen) atoms. The molecule has 0 saturated carbocycles. The number of benzene rings is 1. The van der Waals surface area contributed by atoms with Crippen molar-refractivity contribution in [3.8, 4) is 11.4 Å². The summed E-state index contributed by atoms with van der Waals surface area (Å²) < 4.78 is 9.58. The monoisotopic (exact) mass is 404 g/mol. The Kier molecular flexibility index (Phi) is 4.17. The quantitative estimate of drug-likeness (QED) is 0.446. The Morgan fingerprint density at radius 1 is 1.07 bits per heavy atom. The summed E-state index contributed by atoms with van der Waals surface area (Å²) >= 11 is 5.92. The molecule has 0 bridgehead atoms. The van der Waals surface area contributed by atoms with Gasteiger partial charge in [0, 0.05) is 16.9 Å². The zero-order chi connectivity index (χ0) is 20.0. The number of hydrogen-bond donors (Lipinski definition) is 0. The van der Waals surface area contributed by atoms with Crippen LogP contribution in [0.4, 0.5) is 0 Å². The molecule has 0 aliphatic carbocycles. The lowest BCUT2D eigenvalue weighted by atomic mass is 10.2. The molecule has 0 fully saturated rings. The minimum absolute atomic E-state index is 0.256. The summed E-state index contributed by atoms with van der Waals surface area (Å²) in [7, 11) is 0. The summed E-state index contributed by atoms with van der Waals surface area (Å²) in [6.07, 6.45) is 5.27. The van der Waals surface area contributed by atoms with Crippen molar-refractivity contribution in [3.05, 3.63) is 77.2 Å². The third-order valence-corrected chi connectivity index (χ3v) is 5.21. The first-order valence-electron chi connectivity index (χ1n) is 9.12. The van der Waals surface area contributed by atoms with Gasteiger partial charge in [-0.05, 0) is 55.8 Å². The standard InChI is InChI=1S/C21H17ClN6O/c1-13-14(2)28(16-4-3-9-23-10-16)20-19(13)21-25-18(26-27(21)12-24-20)11-29-17-7-5-15(22)6-8-17/h3-10,12H,11H2,1-2H3. The molecular weight excluding hydrogens is 388 g/mol. The Morgan fingerprint density at radius 3 is 2.66 bits per heavy atom. The predicted molar refractivity (Wildman–Crippen MR) is 111 cm³/mol. The molecule has 0 amide bonds. The maximum atomic E-state index is 5.92. The third-order valence-electron chi connectivity index (χ3n) is 4.96. The predicted octanol–water partition coefficient (Wildman–Crippen LogP) is 4.31. The van der Waals surface area contributed by atoms with Crippen LogP contribution < -0.4 is 4.74 Å². The van der Waals surface area contributed by atoms with Crippen molar-refractivity contribution in [3.63, 3.8) is 0 Å². The highest BCUT2D eigenvalue weighted by atomic mass is 35.5. The molecule has 5 aromatic rings. The molecule has 0 spiro atoms. The van der Waals surface area contributed by atoms with Crippen LogP contribution in [0, 0.1) is 13.8 Å². The first-order valence-corrected chi connectivity index (χ1v) is 9.50. The molecule has 0 N–H and O–H groups in total. The van der Waals surface area contributed by atoms with Crippen LogP contribution in [0.25, 0.3) is 22.4 Å². The first kappa shape index (κ1) is 17.6. The van der Waals surface area contributed by atoms with E-state index >= 15 is 0 Å². The number of ether oxygens (including phenoxy) is 1. The molecule has 5 rings (SSSR count). The number of pyridine rings is 1. The van der Waals surface area contributed by atoms with Crippen LogP contribution in [0.15, 0.2) is 55.1 Å². The summed E-state index contributed by atoms with van der Waals surface area (Å²) in [4.78, 5) is 13.6. The van der Waals surface area contributed by atoms with Gasteiger partial charge in [-0.3, -0.25) is 9.55 Å². The van der Waals surface area contributed by atoms with Crippen molar-refractivity contribution in [2.45, 2.75) is 20.5 Å². The van der Waals surface area contributed by atoms with E-state index < -0.39 is 0 Å². The Balaban J connectivity index is 1.57. The summed E-state index contributed by atoms with van der Waals surface area (Å²) in [5.41, 5.74) is 4.76. The fourth-order valence-corrected chi connectivity index (χ4v) is 3.57. The van der Waals surface area contributed by atoms with Gasteiger partial charge in [-0.1, -0.05) is 11.6 Å². The molecule has 4 heterocycles. The maximum absolute atomic E-state index is 5.92. The Labute approximate surface area is 171 Å². The van der Waals surface area contributed by atoms with Gasteiger partial charge in [0.25, 0.3) is 0 Å². The molecule has 4 aromatic heterocycles. The van der Waals surface area contributed by atoms with E-state index in [1.807, 2.05) is 30.5 Å². The van der Waals surface area contributed by atoms with Crippen LogP contribution in [-0.4, -0.2) is 29.1 Å². The second-order valence-electron chi connectivity index (χ2n) is 6.74. The molecule has 8 heteroatoms. The van der Waals surface area contributed by atoms with E-state index in [-0.39, 0.29) is 6.61 Å². The first-order chi connectivity index (χ1) is 14.1. The Hall–Kier alpha value is -3.45. The number of aromatic nitrogens is 6. The van der Waals surface area contributed by atoms with Gasteiger partial charge in [0.2, 0.25) is 0 Å². The Morgan fingerprint density at radius 2 is 1.90 bits per heavy atom. The third kappa shape index (κ3) is 3.00. The van der Waals surface area contributed by atoms with Crippen LogP contribution in [-0.2, 0) is 6.61 Å². The summed E-state index contributed by atoms with van der Waals surface area (Å²) in [6, 6.07) is 11.1. The molecule has 1 aromatic carbocycles. The lowest BCUT2D eigenvalue weighted by Crippen LogP contribution is -1.99. The van der Waals surface area contributed by atoms with E-state index in [1.54, 1.807) is 29.2 Å². The number of halogens is 1. The largest absolute Gasteiger partial charge is 0.486 e. The smallest absolute Gasteiger partial charge is 0.189 e. The molecule has 144 valence electrons. The number of aryl methyl sites for hydroxylation is 1. The lowest BCUT2D eigenvalue weighted by molar-refractivity contribution is 0.296. The number of nitrogens with zero attached hydrogens (tertiary/aromatic N) is 6. The number of fused-ring (bicyclic) bond motifs is 3. The van der Waals surface area contributed by atoms with E-state index in [0.717, 1.165) is 33.6 Å². The Bertz CT molecular complexity index is 1320. The number of rotatable bonds is 4. The van der Waals surface area contributed by atoms with Crippen LogP contribution in [0.1, 0.15) is 17.1 Å². The van der Waals surface area contributed by atoms with Crippen molar-refractivity contribution in [1.82, 2.24) is 29.1 Å². The van der Waals surface area contributed by atoms with Crippen LogP contribution in [0.3, 0.4) is 0 Å². The lowest BCUT2D eigenvalue weighted by Gasteiger charge is -2.06. The molecule has 0 atom stereocenters. The normalized spacial score (nSPS) is 11.4. The average molecular weight is 405 g/mol. The fourth-order valence-electron chi connectivity index (χ4n) is 3.45. The topological polar surface area (TPSA) is 70.1 Å². The van der Waals surface area contributed by atoms with Crippen molar-refractivity contribution < 1.29 is 4.74 Å². The summed E-state index contributed by atoms with van der Waals surface area (Å²) in [5, 5.41) is 6.16. The molecular formula is C21H17ClN6O. The minimum atomic E-state index is 0.256. The van der Waals surface area contributed by atoms with Gasteiger partial charge in [0.15, 0.2) is 17.1 Å². The van der Waals surface area contributed by atoms with Gasteiger partial charge in [-0.25, -0.2) is 14.5 Å². The molecule has 7 nitrogen and oxygen atoms in total. The zero-order valence-corrected chi connectivity index (χ0v) is 16.6. The van der Waals surface area contributed by atoms with Crippen LogP contribution in [0.5, 0.6) is 5.75 Å². The second kappa shape index (κ2) is 6.86. The fraction of sp³-hybridized carbons (Fsp3) is 0.143. The second-order valence-corrected chi connectivity index (χ2v) is 7.18. The van der Waals surface area contributed by atoms with Gasteiger partial charge in [-0.15, -0.1) is 5.10 Å². The van der Waals surface area contributed by atoms with E-state index in [0.29, 0.717) is 16.6 Å². The van der Waals surface area contributed by atoms with E-state index in [9.17, 15) is 0 Å². The molecule has 0 aliphatic heterocycles. The van der Waals surface area contributed by atoms with Crippen molar-refractivity contribution in [2.75, 3.05) is 0 Å². The van der Waals surface area contributed by atoms with Crippen molar-refractivity contribution >= 4 is 28.3 Å². The van der Waals surface area contributed by atoms with Crippen molar-refractivity contribution in [1.29, 1.82) is 0 Å². The molecule has 0 aliphatic rings. The van der Waals surface area contributed by atoms with Gasteiger partial charge in [0.1, 0.15) is 18.7 Å². The van der Waals surface area contributed by atoms with Gasteiger partial charge in [0.05, 0.1) is 17.3 Å². The van der Waals surface area contributed by atoms with E-state index in [4.69, 9.17) is 21.3 Å². The van der Waals surface area contributed by atoms with Gasteiger partial charge < -0.3 is 4.74 Å². The van der Waals surface area contributed by atoms with Crippen molar-refractivity contribution in [2.24, 2.45) is 0 Å². The van der Waals surface area contributed by atoms with Crippen LogP contribution in [0.2, 0.25) is 5.02 Å². The summed E-state index contributed by atoms with van der Waals surface area (Å²) in [6.45, 7) is 4.40. The van der Waals surface area contributed by atoms with Crippen LogP contribution >= 0.6 is 11.6 Å². The van der Waals surface area contributed by atoms with E-state index in [2.05, 4.69) is 33.5 Å². The van der Waals surface area contributed by atoms with Gasteiger partial charge >= 0.3 is 0 Å². The number of hydrogen-bond acceptors (Lipinski definition) is 5.